The van der Waals surface area contributed by atoms with Gasteiger partial charge in [-0.3, -0.25) is 9.59 Å². The summed E-state index contributed by atoms with van der Waals surface area (Å²) in [6.45, 7) is 3.51. The highest BCUT2D eigenvalue weighted by Crippen LogP contribution is 2.05. The standard InChI is InChI=1S/C11H20N2O5/c1-6(2)9(11(17)18-3)13-10(16)7(12)4-5-8(14)15/h6-7,9H,4-5,12H2,1-3H3,(H,13,16)(H,14,15)/t7?,9-/m0/s1. The molecule has 0 radical (unpaired) electrons. The number of carbonyl (C=O) groups is 3. The maximum Gasteiger partial charge on any atom is 0.328 e. The first-order valence-corrected chi connectivity index (χ1v) is 5.65. The second kappa shape index (κ2) is 7.65. The molecule has 0 bridgehead atoms. The summed E-state index contributed by atoms with van der Waals surface area (Å²) in [7, 11) is 1.23. The lowest BCUT2D eigenvalue weighted by molar-refractivity contribution is -0.146. The molecular formula is C11H20N2O5. The first-order chi connectivity index (χ1) is 8.29. The lowest BCUT2D eigenvalue weighted by Gasteiger charge is -2.21. The molecule has 0 heterocycles. The van der Waals surface area contributed by atoms with E-state index in [1.165, 1.54) is 7.11 Å². The van der Waals surface area contributed by atoms with Crippen LogP contribution in [0, 0.1) is 5.92 Å². The average Bonchev–Trinajstić information content (AvgIpc) is 2.30. The number of carboxylic acid groups (broad SMARTS) is 1. The van der Waals surface area contributed by atoms with Crippen LogP contribution in [0.25, 0.3) is 0 Å². The third-order valence-electron chi connectivity index (χ3n) is 2.43. The third-order valence-corrected chi connectivity index (χ3v) is 2.43. The van der Waals surface area contributed by atoms with Gasteiger partial charge >= 0.3 is 11.9 Å². The molecule has 1 unspecified atom stereocenters. The van der Waals surface area contributed by atoms with Crippen molar-refractivity contribution in [3.63, 3.8) is 0 Å². The number of hydrogen-bond donors (Lipinski definition) is 3. The highest BCUT2D eigenvalue weighted by molar-refractivity contribution is 5.87. The average molecular weight is 260 g/mol. The van der Waals surface area contributed by atoms with Crippen LogP contribution in [-0.2, 0) is 19.1 Å². The van der Waals surface area contributed by atoms with Crippen molar-refractivity contribution in [2.45, 2.75) is 38.8 Å². The van der Waals surface area contributed by atoms with E-state index in [0.29, 0.717) is 0 Å². The number of aliphatic carboxylic acids is 1. The minimum atomic E-state index is -1.02. The van der Waals surface area contributed by atoms with Gasteiger partial charge in [0.25, 0.3) is 0 Å². The van der Waals surface area contributed by atoms with Crippen LogP contribution in [0.4, 0.5) is 0 Å². The maximum absolute atomic E-state index is 11.7. The quantitative estimate of drug-likeness (QED) is 0.530. The fourth-order valence-corrected chi connectivity index (χ4v) is 1.30. The van der Waals surface area contributed by atoms with Crippen LogP contribution in [0.3, 0.4) is 0 Å². The smallest absolute Gasteiger partial charge is 0.328 e. The second-order valence-corrected chi connectivity index (χ2v) is 4.29. The Bertz CT molecular complexity index is 317. The minimum Gasteiger partial charge on any atom is -0.481 e. The highest BCUT2D eigenvalue weighted by Gasteiger charge is 2.27. The number of carboxylic acids is 1. The summed E-state index contributed by atoms with van der Waals surface area (Å²) in [5.74, 6) is -2.27. The zero-order valence-electron chi connectivity index (χ0n) is 10.8. The van der Waals surface area contributed by atoms with Gasteiger partial charge in [0, 0.05) is 6.42 Å². The van der Waals surface area contributed by atoms with E-state index in [1.54, 1.807) is 13.8 Å². The van der Waals surface area contributed by atoms with Gasteiger partial charge in [-0.05, 0) is 12.3 Å². The number of esters is 1. The Kier molecular flexibility index (Phi) is 6.96. The molecule has 2 atom stereocenters. The molecule has 0 rings (SSSR count). The lowest BCUT2D eigenvalue weighted by atomic mass is 10.0. The highest BCUT2D eigenvalue weighted by atomic mass is 16.5. The van der Waals surface area contributed by atoms with Crippen LogP contribution in [-0.4, -0.2) is 42.1 Å². The molecule has 18 heavy (non-hydrogen) atoms. The Morgan fingerprint density at radius 3 is 2.28 bits per heavy atom. The van der Waals surface area contributed by atoms with Crippen molar-refractivity contribution in [1.82, 2.24) is 5.32 Å². The van der Waals surface area contributed by atoms with Gasteiger partial charge in [0.05, 0.1) is 13.2 Å². The number of nitrogens with one attached hydrogen (secondary N) is 1. The largest absolute Gasteiger partial charge is 0.481 e. The molecule has 0 aliphatic heterocycles. The van der Waals surface area contributed by atoms with Crippen LogP contribution >= 0.6 is 0 Å². The Balaban J connectivity index is 4.41. The van der Waals surface area contributed by atoms with E-state index in [1.807, 2.05) is 0 Å². The first-order valence-electron chi connectivity index (χ1n) is 5.65. The Morgan fingerprint density at radius 2 is 1.89 bits per heavy atom. The number of rotatable bonds is 7. The molecule has 0 saturated heterocycles. The molecule has 0 aromatic rings. The number of hydrogen-bond acceptors (Lipinski definition) is 5. The fraction of sp³-hybridized carbons (Fsp3) is 0.727. The monoisotopic (exact) mass is 260 g/mol. The Morgan fingerprint density at radius 1 is 1.33 bits per heavy atom. The summed E-state index contributed by atoms with van der Waals surface area (Å²) in [5.41, 5.74) is 5.53. The minimum absolute atomic E-state index is 0.0210. The number of carbonyl (C=O) groups excluding carboxylic acids is 2. The van der Waals surface area contributed by atoms with E-state index in [4.69, 9.17) is 10.8 Å². The molecule has 4 N–H and O–H groups in total. The predicted octanol–water partition coefficient (Wildman–Crippen LogP) is -0.508. The topological polar surface area (TPSA) is 119 Å². The zero-order valence-corrected chi connectivity index (χ0v) is 10.8. The predicted molar refractivity (Wildman–Crippen MR) is 63.6 cm³/mol. The van der Waals surface area contributed by atoms with Crippen molar-refractivity contribution in [2.75, 3.05) is 7.11 Å². The van der Waals surface area contributed by atoms with Crippen molar-refractivity contribution < 1.29 is 24.2 Å². The summed E-state index contributed by atoms with van der Waals surface area (Å²) in [5, 5.41) is 10.9. The van der Waals surface area contributed by atoms with Crippen LogP contribution in [0.1, 0.15) is 26.7 Å². The molecule has 0 aliphatic carbocycles. The van der Waals surface area contributed by atoms with Crippen molar-refractivity contribution >= 4 is 17.8 Å². The Hall–Kier alpha value is -1.63. The summed E-state index contributed by atoms with van der Waals surface area (Å²) in [6.07, 6.45) is -0.174. The van der Waals surface area contributed by atoms with E-state index in [9.17, 15) is 14.4 Å². The summed E-state index contributed by atoms with van der Waals surface area (Å²) in [6, 6.07) is -1.73. The molecule has 0 fully saturated rings. The number of nitrogens with two attached hydrogens (primary N) is 1. The van der Waals surface area contributed by atoms with Crippen molar-refractivity contribution in [1.29, 1.82) is 0 Å². The third kappa shape index (κ3) is 5.62. The number of methoxy groups -OCH3 is 1. The first kappa shape index (κ1) is 16.4. The molecular weight excluding hydrogens is 240 g/mol. The molecule has 0 aromatic carbocycles. The lowest BCUT2D eigenvalue weighted by Crippen LogP contribution is -2.51. The SMILES string of the molecule is COC(=O)[C@@H](NC(=O)C(N)CCC(=O)O)C(C)C. The maximum atomic E-state index is 11.7. The molecule has 0 aliphatic rings. The van der Waals surface area contributed by atoms with E-state index in [-0.39, 0.29) is 18.8 Å². The van der Waals surface area contributed by atoms with Crippen LogP contribution in [0.5, 0.6) is 0 Å². The van der Waals surface area contributed by atoms with Crippen LogP contribution < -0.4 is 11.1 Å². The van der Waals surface area contributed by atoms with E-state index >= 15 is 0 Å². The van der Waals surface area contributed by atoms with E-state index < -0.39 is 29.9 Å². The van der Waals surface area contributed by atoms with E-state index in [0.717, 1.165) is 0 Å². The Labute approximate surface area is 106 Å². The normalized spacial score (nSPS) is 13.8. The number of amides is 1. The molecule has 0 saturated carbocycles. The molecule has 104 valence electrons. The summed E-state index contributed by atoms with van der Waals surface area (Å²) < 4.78 is 4.56. The van der Waals surface area contributed by atoms with Gasteiger partial charge in [-0.25, -0.2) is 4.79 Å². The molecule has 7 heteroatoms. The van der Waals surface area contributed by atoms with Gasteiger partial charge < -0.3 is 20.9 Å². The zero-order chi connectivity index (χ0) is 14.3. The molecule has 1 amide bonds. The van der Waals surface area contributed by atoms with Gasteiger partial charge in [-0.15, -0.1) is 0 Å². The van der Waals surface area contributed by atoms with Gasteiger partial charge in [-0.2, -0.15) is 0 Å². The van der Waals surface area contributed by atoms with Crippen molar-refractivity contribution in [3.05, 3.63) is 0 Å². The summed E-state index contributed by atoms with van der Waals surface area (Å²) in [4.78, 5) is 33.4. The van der Waals surface area contributed by atoms with Gasteiger partial charge in [-0.1, -0.05) is 13.8 Å². The van der Waals surface area contributed by atoms with Gasteiger partial charge in [0.2, 0.25) is 5.91 Å². The van der Waals surface area contributed by atoms with Crippen molar-refractivity contribution in [2.24, 2.45) is 11.7 Å². The number of ether oxygens (including phenoxy) is 1. The molecule has 0 aromatic heterocycles. The van der Waals surface area contributed by atoms with Crippen LogP contribution in [0.2, 0.25) is 0 Å². The molecule has 7 nitrogen and oxygen atoms in total. The van der Waals surface area contributed by atoms with Gasteiger partial charge in [0.1, 0.15) is 6.04 Å². The van der Waals surface area contributed by atoms with Gasteiger partial charge in [0.15, 0.2) is 0 Å². The van der Waals surface area contributed by atoms with E-state index in [2.05, 4.69) is 10.1 Å². The summed E-state index contributed by atoms with van der Waals surface area (Å²) >= 11 is 0. The van der Waals surface area contributed by atoms with Crippen LogP contribution in [0.15, 0.2) is 0 Å². The second-order valence-electron chi connectivity index (χ2n) is 4.29. The molecule has 0 spiro atoms. The fourth-order valence-electron chi connectivity index (χ4n) is 1.30. The van der Waals surface area contributed by atoms with Crippen molar-refractivity contribution in [3.8, 4) is 0 Å².